The van der Waals surface area contributed by atoms with Crippen molar-refractivity contribution in [3.05, 3.63) is 89.6 Å². The van der Waals surface area contributed by atoms with E-state index >= 15 is 0 Å². The van der Waals surface area contributed by atoms with Crippen molar-refractivity contribution in [1.29, 1.82) is 0 Å². The molecule has 174 valence electrons. The number of pyridine rings is 1. The first-order valence-electron chi connectivity index (χ1n) is 11.7. The van der Waals surface area contributed by atoms with E-state index in [1.54, 1.807) is 23.4 Å². The first-order chi connectivity index (χ1) is 16.2. The van der Waals surface area contributed by atoms with Crippen molar-refractivity contribution >= 4 is 22.6 Å². The second kappa shape index (κ2) is 13.9. The Kier molecular flexibility index (Phi) is 10.6. The summed E-state index contributed by atoms with van der Waals surface area (Å²) in [6.07, 6.45) is 14.7. The normalized spacial score (nSPS) is 11.1. The Morgan fingerprint density at radius 1 is 0.879 bits per heavy atom. The molecule has 0 atom stereocenters. The van der Waals surface area contributed by atoms with Crippen LogP contribution in [0.5, 0.6) is 5.75 Å². The van der Waals surface area contributed by atoms with Gasteiger partial charge in [-0.05, 0) is 59.9 Å². The van der Waals surface area contributed by atoms with E-state index in [-0.39, 0.29) is 5.43 Å². The van der Waals surface area contributed by atoms with E-state index in [1.165, 1.54) is 36.5 Å². The number of rotatable bonds is 13. The monoisotopic (exact) mass is 557 g/mol. The molecule has 0 aliphatic rings. The highest BCUT2D eigenvalue weighted by molar-refractivity contribution is 14.1. The molecular weight excluding hydrogens is 525 g/mol. The van der Waals surface area contributed by atoms with Gasteiger partial charge in [-0.3, -0.25) is 4.79 Å². The summed E-state index contributed by atoms with van der Waals surface area (Å²) in [4.78, 5) is 19.0. The maximum atomic E-state index is 13.3. The van der Waals surface area contributed by atoms with Gasteiger partial charge in [0.15, 0.2) is 5.43 Å². The van der Waals surface area contributed by atoms with Crippen LogP contribution < -0.4 is 15.0 Å². The van der Waals surface area contributed by atoms with Crippen molar-refractivity contribution in [2.45, 2.75) is 45.4 Å². The van der Waals surface area contributed by atoms with Crippen LogP contribution in [0.25, 0.3) is 22.3 Å². The number of allylic oxidation sites excluding steroid dienone is 1. The van der Waals surface area contributed by atoms with E-state index in [0.717, 1.165) is 17.5 Å². The molecule has 1 heterocycles. The Hall–Kier alpha value is -2.54. The summed E-state index contributed by atoms with van der Waals surface area (Å²) >= 11 is 2.44. The average Bonchev–Trinajstić information content (AvgIpc) is 2.85. The van der Waals surface area contributed by atoms with Gasteiger partial charge >= 0.3 is 0 Å². The quantitative estimate of drug-likeness (QED) is 0.0959. The van der Waals surface area contributed by atoms with Gasteiger partial charge in [0.2, 0.25) is 0 Å². The van der Waals surface area contributed by atoms with Crippen LogP contribution in [-0.2, 0) is 0 Å². The zero-order valence-electron chi connectivity index (χ0n) is 19.2. The number of halogens is 1. The second-order valence-electron chi connectivity index (χ2n) is 7.82. The first kappa shape index (κ1) is 25.1. The van der Waals surface area contributed by atoms with Crippen LogP contribution in [0.2, 0.25) is 0 Å². The Morgan fingerprint density at radius 2 is 1.58 bits per heavy atom. The Morgan fingerprint density at radius 3 is 2.33 bits per heavy atom. The fourth-order valence-electron chi connectivity index (χ4n) is 3.63. The van der Waals surface area contributed by atoms with E-state index in [1.807, 2.05) is 61.5 Å². The summed E-state index contributed by atoms with van der Waals surface area (Å²) in [7, 11) is 0. The smallest absolute Gasteiger partial charge is 0.197 e. The first-order valence-corrected chi connectivity index (χ1v) is 13.2. The molecule has 0 bridgehead atoms. The van der Waals surface area contributed by atoms with E-state index in [0.29, 0.717) is 23.5 Å². The number of unbranched alkanes of at least 4 members (excludes halogenated alkanes) is 5. The predicted molar refractivity (Wildman–Crippen MR) is 145 cm³/mol. The molecule has 1 aromatic heterocycles. The van der Waals surface area contributed by atoms with Gasteiger partial charge in [0, 0.05) is 11.1 Å². The lowest BCUT2D eigenvalue weighted by atomic mass is 10.0. The lowest BCUT2D eigenvalue weighted by molar-refractivity contribution is 0.121. The molecular formula is C28H32INO3. The highest BCUT2D eigenvalue weighted by Gasteiger charge is 2.13. The predicted octanol–water partition coefficient (Wildman–Crippen LogP) is 7.30. The van der Waals surface area contributed by atoms with Crippen molar-refractivity contribution in [2.75, 3.05) is 11.0 Å². The fraction of sp³-hybridized carbons (Fsp3) is 0.321. The van der Waals surface area contributed by atoms with Crippen LogP contribution in [-0.4, -0.2) is 15.8 Å². The van der Waals surface area contributed by atoms with Gasteiger partial charge in [-0.1, -0.05) is 84.3 Å². The largest absolute Gasteiger partial charge is 0.465 e. The summed E-state index contributed by atoms with van der Waals surface area (Å²) in [6.45, 7) is 2.43. The lowest BCUT2D eigenvalue weighted by Crippen LogP contribution is -2.18. The molecule has 0 aliphatic carbocycles. The molecule has 0 amide bonds. The minimum Gasteiger partial charge on any atom is -0.465 e. The third kappa shape index (κ3) is 7.77. The molecule has 2 aromatic carbocycles. The molecule has 0 radical (unpaired) electrons. The number of nitrogens with zero attached hydrogens (tertiary/aromatic N) is 1. The Bertz CT molecular complexity index is 1080. The molecule has 0 spiro atoms. The molecule has 0 aliphatic heterocycles. The van der Waals surface area contributed by atoms with Crippen LogP contribution in [0, 0.1) is 0 Å². The molecule has 0 saturated heterocycles. The highest BCUT2D eigenvalue weighted by atomic mass is 127. The molecule has 0 fully saturated rings. The molecule has 3 rings (SSSR count). The van der Waals surface area contributed by atoms with Gasteiger partial charge < -0.3 is 9.57 Å². The van der Waals surface area contributed by atoms with Crippen LogP contribution in [0.15, 0.2) is 84.1 Å². The third-order valence-electron chi connectivity index (χ3n) is 5.31. The van der Waals surface area contributed by atoms with Crippen LogP contribution >= 0.6 is 22.6 Å². The minimum atomic E-state index is -0.0348. The van der Waals surface area contributed by atoms with E-state index in [2.05, 4.69) is 28.7 Å². The minimum absolute atomic E-state index is 0.0348. The summed E-state index contributed by atoms with van der Waals surface area (Å²) in [6, 6.07) is 17.3. The van der Waals surface area contributed by atoms with Gasteiger partial charge in [-0.15, -0.1) is 0 Å². The second-order valence-corrected chi connectivity index (χ2v) is 8.90. The van der Waals surface area contributed by atoms with Crippen LogP contribution in [0.4, 0.5) is 0 Å². The summed E-state index contributed by atoms with van der Waals surface area (Å²) in [5, 5.41) is 0. The molecule has 0 saturated carbocycles. The summed E-state index contributed by atoms with van der Waals surface area (Å²) in [5.41, 5.74) is 2.80. The van der Waals surface area contributed by atoms with Gasteiger partial charge in [-0.25, -0.2) is 0 Å². The highest BCUT2D eigenvalue weighted by Crippen LogP contribution is 2.24. The molecule has 0 unspecified atom stereocenters. The molecule has 33 heavy (non-hydrogen) atoms. The van der Waals surface area contributed by atoms with E-state index in [9.17, 15) is 4.79 Å². The number of aromatic nitrogens is 1. The average molecular weight is 557 g/mol. The number of benzene rings is 2. The van der Waals surface area contributed by atoms with Crippen molar-refractivity contribution in [3.63, 3.8) is 0 Å². The van der Waals surface area contributed by atoms with Crippen LogP contribution in [0.3, 0.4) is 0 Å². The van der Waals surface area contributed by atoms with Crippen molar-refractivity contribution < 1.29 is 9.57 Å². The summed E-state index contributed by atoms with van der Waals surface area (Å²) < 4.78 is 8.69. The number of hydrogen-bond donors (Lipinski definition) is 0. The number of alkyl halides is 1. The zero-order chi connectivity index (χ0) is 23.3. The summed E-state index contributed by atoms with van der Waals surface area (Å²) in [5.74, 6) is 0.707. The molecule has 4 nitrogen and oxygen atoms in total. The van der Waals surface area contributed by atoms with Crippen molar-refractivity contribution in [1.82, 2.24) is 4.73 Å². The van der Waals surface area contributed by atoms with Crippen LogP contribution in [0.1, 0.15) is 45.4 Å². The van der Waals surface area contributed by atoms with Gasteiger partial charge in [0.1, 0.15) is 12.4 Å². The van der Waals surface area contributed by atoms with Gasteiger partial charge in [-0.2, -0.15) is 4.73 Å². The van der Waals surface area contributed by atoms with E-state index < -0.39 is 0 Å². The van der Waals surface area contributed by atoms with Gasteiger partial charge in [0.25, 0.3) is 0 Å². The van der Waals surface area contributed by atoms with Crippen molar-refractivity contribution in [2.24, 2.45) is 0 Å². The zero-order valence-corrected chi connectivity index (χ0v) is 21.4. The molecule has 5 heteroatoms. The standard InChI is InChI=1S/C28H32INO3/c1-2-33-30-21-26(23-14-9-8-10-15-23)28(31)27(22-30)24-16-13-17-25(20-24)32-19-12-7-5-3-4-6-11-18-29/h8-10,12-17,19-22H,2-7,11,18H2,1H3/b19-12+. The Labute approximate surface area is 210 Å². The van der Waals surface area contributed by atoms with E-state index in [4.69, 9.17) is 9.57 Å². The van der Waals surface area contributed by atoms with Gasteiger partial charge in [0.05, 0.1) is 18.7 Å². The number of ether oxygens (including phenoxy) is 1. The SMILES string of the molecule is CCOn1cc(-c2ccccc2)c(=O)c(-c2cccc(O/C=C/CCCCCCCI)c2)c1. The third-order valence-corrected chi connectivity index (χ3v) is 6.08. The fourth-order valence-corrected chi connectivity index (χ4v) is 4.16. The maximum Gasteiger partial charge on any atom is 0.197 e. The number of hydrogen-bond acceptors (Lipinski definition) is 3. The topological polar surface area (TPSA) is 40.5 Å². The maximum absolute atomic E-state index is 13.3. The Balaban J connectivity index is 1.73. The molecule has 0 N–H and O–H groups in total. The van der Waals surface area contributed by atoms with Crippen molar-refractivity contribution in [3.8, 4) is 28.0 Å². The lowest BCUT2D eigenvalue weighted by Gasteiger charge is -2.13. The molecule has 3 aromatic rings.